The zero-order chi connectivity index (χ0) is 28.3. The maximum Gasteiger partial charge on any atom is 0.270 e. The summed E-state index contributed by atoms with van der Waals surface area (Å²) in [6, 6.07) is 16.4. The molecular weight excluding hydrogens is 534 g/mol. The number of aromatic nitrogens is 1. The number of rotatable bonds is 4. The molecule has 1 aromatic heterocycles. The molecule has 2 aliphatic heterocycles. The Kier molecular flexibility index (Phi) is 7.69. The molecule has 3 aromatic rings. The molecular formula is C29H29N3O7S. The molecule has 5 rings (SSSR count). The molecule has 3 heterocycles. The normalized spacial score (nSPS) is 20.1. The highest BCUT2D eigenvalue weighted by molar-refractivity contribution is 8.24. The largest absolute Gasteiger partial charge is 0.489 e. The monoisotopic (exact) mass is 563 g/mol. The molecule has 208 valence electrons. The van der Waals surface area contributed by atoms with Gasteiger partial charge in [0.2, 0.25) is 0 Å². The van der Waals surface area contributed by atoms with Gasteiger partial charge in [0, 0.05) is 49.2 Å². The van der Waals surface area contributed by atoms with Gasteiger partial charge < -0.3 is 24.8 Å². The Morgan fingerprint density at radius 3 is 2.62 bits per heavy atom. The van der Waals surface area contributed by atoms with E-state index in [4.69, 9.17) is 9.47 Å². The lowest BCUT2D eigenvalue weighted by Gasteiger charge is -2.41. The molecule has 0 aliphatic carbocycles. The van der Waals surface area contributed by atoms with E-state index in [2.05, 4.69) is 22.1 Å². The van der Waals surface area contributed by atoms with Gasteiger partial charge >= 0.3 is 0 Å². The Balaban J connectivity index is 1.27. The fraction of sp³-hybridized carbons (Fsp3) is 0.276. The lowest BCUT2D eigenvalue weighted by molar-refractivity contribution is -0.120. The summed E-state index contributed by atoms with van der Waals surface area (Å²) in [6.45, 7) is -0.0840. The third kappa shape index (κ3) is 6.38. The van der Waals surface area contributed by atoms with Crippen LogP contribution in [0.4, 0.5) is 5.69 Å². The van der Waals surface area contributed by atoms with Crippen LogP contribution >= 0.6 is 10.6 Å². The summed E-state index contributed by atoms with van der Waals surface area (Å²) >= 11 is 0. The number of hydrogen-bond donors (Lipinski definition) is 4. The quantitative estimate of drug-likeness (QED) is 0.353. The van der Waals surface area contributed by atoms with E-state index >= 15 is 0 Å². The van der Waals surface area contributed by atoms with E-state index < -0.39 is 28.1 Å². The predicted octanol–water partition coefficient (Wildman–Crippen LogP) is 3.65. The number of nitrogens with one attached hydrogen (secondary N) is 1. The number of likely N-dealkylation sites (N-methyl/N-ethyl adjacent to an activating group) is 1. The standard InChI is InChI=1S/C29H29N3O7S/c1-32-25-17-20(9-11-29(35)12-15-40(36,37)16-13-29)7-8-26(25)38-19-24(28(32)34)31-27(33)23-18-22(10-14-30-23)39-21-5-3-2-4-6-21/h2-8,10,14,17-18,24,35-37H,12-13,15-16,19H2,1H3,(H,31,33)/t24-/m0/s1. The van der Waals surface area contributed by atoms with Crippen molar-refractivity contribution in [3.8, 4) is 29.1 Å². The number of nitrogens with zero attached hydrogens (tertiary/aromatic N) is 2. The minimum atomic E-state index is -2.64. The van der Waals surface area contributed by atoms with Crippen molar-refractivity contribution in [3.63, 3.8) is 0 Å². The summed E-state index contributed by atoms with van der Waals surface area (Å²) in [5.41, 5.74) is -0.200. The lowest BCUT2D eigenvalue weighted by Crippen LogP contribution is -2.49. The number of ether oxygens (including phenoxy) is 2. The number of amides is 2. The molecule has 2 amide bonds. The van der Waals surface area contributed by atoms with Gasteiger partial charge in [0.05, 0.1) is 5.69 Å². The first-order valence-corrected chi connectivity index (χ1v) is 14.5. The summed E-state index contributed by atoms with van der Waals surface area (Å²) in [5.74, 6) is 6.56. The van der Waals surface area contributed by atoms with Gasteiger partial charge in [-0.1, -0.05) is 30.0 Å². The van der Waals surface area contributed by atoms with E-state index in [1.165, 1.54) is 17.2 Å². The second-order valence-corrected chi connectivity index (χ2v) is 12.1. The fourth-order valence-electron chi connectivity index (χ4n) is 4.34. The van der Waals surface area contributed by atoms with Crippen molar-refractivity contribution in [3.05, 3.63) is 78.1 Å². The van der Waals surface area contributed by atoms with Gasteiger partial charge in [0.15, 0.2) is 0 Å². The highest BCUT2D eigenvalue weighted by Gasteiger charge is 2.34. The van der Waals surface area contributed by atoms with Crippen LogP contribution in [0, 0.1) is 11.8 Å². The Labute approximate surface area is 233 Å². The molecule has 11 heteroatoms. The summed E-state index contributed by atoms with van der Waals surface area (Å²) in [7, 11) is -1.06. The zero-order valence-electron chi connectivity index (χ0n) is 21.7. The molecule has 0 saturated carbocycles. The van der Waals surface area contributed by atoms with E-state index in [1.54, 1.807) is 43.4 Å². The van der Waals surface area contributed by atoms with E-state index in [9.17, 15) is 23.8 Å². The molecule has 4 N–H and O–H groups in total. The van der Waals surface area contributed by atoms with Crippen LogP contribution in [0.5, 0.6) is 17.2 Å². The zero-order valence-corrected chi connectivity index (χ0v) is 22.6. The average molecular weight is 564 g/mol. The molecule has 0 bridgehead atoms. The number of benzene rings is 2. The van der Waals surface area contributed by atoms with Crippen molar-refractivity contribution in [2.24, 2.45) is 0 Å². The number of carbonyl (C=O) groups is 2. The van der Waals surface area contributed by atoms with Crippen LogP contribution in [-0.2, 0) is 4.79 Å². The third-order valence-corrected chi connectivity index (χ3v) is 8.44. The Morgan fingerprint density at radius 2 is 1.88 bits per heavy atom. The molecule has 40 heavy (non-hydrogen) atoms. The van der Waals surface area contributed by atoms with Crippen LogP contribution in [0.1, 0.15) is 28.9 Å². The van der Waals surface area contributed by atoms with Crippen LogP contribution in [-0.4, -0.2) is 67.8 Å². The molecule has 10 nitrogen and oxygen atoms in total. The highest BCUT2D eigenvalue weighted by atomic mass is 32.3. The smallest absolute Gasteiger partial charge is 0.270 e. The summed E-state index contributed by atoms with van der Waals surface area (Å²) in [6.07, 6.45) is 1.80. The minimum absolute atomic E-state index is 0.0840. The maximum atomic E-state index is 13.3. The minimum Gasteiger partial charge on any atom is -0.489 e. The second kappa shape index (κ2) is 11.2. The number of fused-ring (bicyclic) bond motifs is 1. The second-order valence-electron chi connectivity index (χ2n) is 9.70. The first-order chi connectivity index (χ1) is 19.1. The Morgan fingerprint density at radius 1 is 1.12 bits per heavy atom. The summed E-state index contributed by atoms with van der Waals surface area (Å²) in [5, 5.41) is 13.4. The van der Waals surface area contributed by atoms with Gasteiger partial charge in [0.1, 0.15) is 41.2 Å². The first kappa shape index (κ1) is 27.5. The van der Waals surface area contributed by atoms with Gasteiger partial charge in [0.25, 0.3) is 11.8 Å². The van der Waals surface area contributed by atoms with Gasteiger partial charge in [-0.2, -0.15) is 10.6 Å². The molecule has 2 aliphatic rings. The highest BCUT2D eigenvalue weighted by Crippen LogP contribution is 2.46. The molecule has 1 saturated heterocycles. The van der Waals surface area contributed by atoms with Crippen molar-refractivity contribution in [1.29, 1.82) is 0 Å². The van der Waals surface area contributed by atoms with Gasteiger partial charge in [-0.3, -0.25) is 23.7 Å². The van der Waals surface area contributed by atoms with Crippen molar-refractivity contribution in [2.45, 2.75) is 24.5 Å². The average Bonchev–Trinajstić information content (AvgIpc) is 3.06. The number of carbonyl (C=O) groups excluding carboxylic acids is 2. The molecule has 0 spiro atoms. The SMILES string of the molecule is CN1C(=O)[C@@H](NC(=O)c2cc(Oc3ccccc3)ccn2)COc2ccc(C#CC3(O)CCS(O)(O)CC3)cc21. The third-order valence-electron chi connectivity index (χ3n) is 6.73. The van der Waals surface area contributed by atoms with Crippen LogP contribution in [0.3, 0.4) is 0 Å². The van der Waals surface area contributed by atoms with Crippen molar-refractivity contribution in [1.82, 2.24) is 10.3 Å². The van der Waals surface area contributed by atoms with Gasteiger partial charge in [-0.05, 0) is 36.4 Å². The Hall–Kier alpha value is -4.08. The van der Waals surface area contributed by atoms with Crippen LogP contribution in [0.25, 0.3) is 0 Å². The topological polar surface area (TPSA) is 141 Å². The molecule has 1 fully saturated rings. The maximum absolute atomic E-state index is 13.3. The molecule has 2 aromatic carbocycles. The van der Waals surface area contributed by atoms with Crippen LogP contribution in [0.2, 0.25) is 0 Å². The van der Waals surface area contributed by atoms with E-state index in [-0.39, 0.29) is 42.6 Å². The number of para-hydroxylation sites is 1. The van der Waals surface area contributed by atoms with E-state index in [0.29, 0.717) is 28.5 Å². The van der Waals surface area contributed by atoms with Gasteiger partial charge in [-0.25, -0.2) is 0 Å². The molecule has 0 radical (unpaired) electrons. The number of anilines is 1. The number of hydrogen-bond acceptors (Lipinski definition) is 8. The van der Waals surface area contributed by atoms with E-state index in [0.717, 1.165) is 0 Å². The Bertz CT molecular complexity index is 1480. The van der Waals surface area contributed by atoms with Crippen LogP contribution in [0.15, 0.2) is 66.9 Å². The molecule has 0 unspecified atom stereocenters. The summed E-state index contributed by atoms with van der Waals surface area (Å²) in [4.78, 5) is 31.8. The van der Waals surface area contributed by atoms with Crippen LogP contribution < -0.4 is 19.7 Å². The first-order valence-electron chi connectivity index (χ1n) is 12.6. The van der Waals surface area contributed by atoms with Crippen molar-refractivity contribution < 1.29 is 33.3 Å². The van der Waals surface area contributed by atoms with Crippen molar-refractivity contribution in [2.75, 3.05) is 30.1 Å². The lowest BCUT2D eigenvalue weighted by atomic mass is 9.97. The van der Waals surface area contributed by atoms with Crippen molar-refractivity contribution >= 4 is 28.1 Å². The molecule has 1 atom stereocenters. The number of pyridine rings is 1. The summed E-state index contributed by atoms with van der Waals surface area (Å²) < 4.78 is 31.2. The number of aliphatic hydroxyl groups is 1. The fourth-order valence-corrected chi connectivity index (χ4v) is 5.87. The predicted molar refractivity (Wildman–Crippen MR) is 151 cm³/mol. The van der Waals surface area contributed by atoms with Gasteiger partial charge in [-0.15, -0.1) is 0 Å². The van der Waals surface area contributed by atoms with E-state index in [1.807, 2.05) is 18.2 Å².